The van der Waals surface area contributed by atoms with E-state index in [0.29, 0.717) is 28.4 Å². The highest BCUT2D eigenvalue weighted by Gasteiger charge is 2.38. The van der Waals surface area contributed by atoms with Crippen molar-refractivity contribution in [1.82, 2.24) is 0 Å². The van der Waals surface area contributed by atoms with Crippen LogP contribution in [0.3, 0.4) is 0 Å². The van der Waals surface area contributed by atoms with Crippen molar-refractivity contribution in [3.8, 4) is 5.75 Å². The molecule has 0 fully saturated rings. The van der Waals surface area contributed by atoms with E-state index >= 15 is 0 Å². The minimum atomic E-state index is -1.11. The molecule has 0 saturated carbocycles. The molecule has 1 heterocycles. The molecule has 1 N–H and O–H groups in total. The molecule has 0 aromatic heterocycles. The van der Waals surface area contributed by atoms with Gasteiger partial charge in [0.1, 0.15) is 5.75 Å². The van der Waals surface area contributed by atoms with Crippen molar-refractivity contribution in [3.63, 3.8) is 0 Å². The average Bonchev–Trinajstić information content (AvgIpc) is 2.66. The highest BCUT2D eigenvalue weighted by molar-refractivity contribution is 6.62. The molecule has 7 heteroatoms. The van der Waals surface area contributed by atoms with Gasteiger partial charge >= 0.3 is 13.1 Å². The van der Waals surface area contributed by atoms with Gasteiger partial charge in [0.25, 0.3) is 0 Å². The largest absolute Gasteiger partial charge is 0.497 e. The van der Waals surface area contributed by atoms with Gasteiger partial charge in [-0.05, 0) is 30.1 Å². The Morgan fingerprint density at radius 2 is 2.32 bits per heavy atom. The fourth-order valence-corrected chi connectivity index (χ4v) is 2.43. The first kappa shape index (κ1) is 14.2. The van der Waals surface area contributed by atoms with Crippen molar-refractivity contribution in [2.75, 3.05) is 13.7 Å². The number of rotatable bonds is 4. The monoisotopic (exact) mass is 284 g/mol. The quantitative estimate of drug-likeness (QED) is 0.661. The Labute approximate surface area is 116 Å². The Hall–Kier alpha value is -1.24. The van der Waals surface area contributed by atoms with Gasteiger partial charge in [-0.15, -0.1) is 0 Å². The fourth-order valence-electron chi connectivity index (χ4n) is 2.09. The highest BCUT2D eigenvalue weighted by atomic mass is 35.5. The number of benzene rings is 1. The van der Waals surface area contributed by atoms with Gasteiger partial charge in [-0.1, -0.05) is 11.6 Å². The Balaban J connectivity index is 2.28. The van der Waals surface area contributed by atoms with Gasteiger partial charge in [-0.25, -0.2) is 0 Å². The molecule has 1 aromatic rings. The van der Waals surface area contributed by atoms with E-state index in [2.05, 4.69) is 0 Å². The number of esters is 1. The molecule has 102 valence electrons. The summed E-state index contributed by atoms with van der Waals surface area (Å²) in [7, 11) is 0.401. The minimum absolute atomic E-state index is 0.0178. The molecule has 19 heavy (non-hydrogen) atoms. The Morgan fingerprint density at radius 3 is 2.95 bits per heavy atom. The summed E-state index contributed by atoms with van der Waals surface area (Å²) in [6, 6.07) is 3.27. The molecule has 5 nitrogen and oxygen atoms in total. The van der Waals surface area contributed by atoms with Gasteiger partial charge in [0.05, 0.1) is 26.2 Å². The number of fused-ring (bicyclic) bond motifs is 1. The molecule has 0 bridgehead atoms. The lowest BCUT2D eigenvalue weighted by atomic mass is 9.79. The number of ether oxygens (including phenoxy) is 2. The predicted molar refractivity (Wildman–Crippen MR) is 70.7 cm³/mol. The third-order valence-corrected chi connectivity index (χ3v) is 3.22. The maximum absolute atomic E-state index is 11.5. The molecular formula is C12H14BClO5. The first-order chi connectivity index (χ1) is 9.06. The van der Waals surface area contributed by atoms with Gasteiger partial charge < -0.3 is 19.2 Å². The highest BCUT2D eigenvalue weighted by Crippen LogP contribution is 2.34. The van der Waals surface area contributed by atoms with E-state index in [1.165, 1.54) is 7.11 Å². The molecule has 0 radical (unpaired) electrons. The number of methoxy groups -OCH3 is 1. The summed E-state index contributed by atoms with van der Waals surface area (Å²) in [6.07, 6.45) is -0.577. The Kier molecular flexibility index (Phi) is 4.34. The lowest BCUT2D eigenvalue weighted by molar-refractivity contribution is -0.145. The second-order valence-corrected chi connectivity index (χ2v) is 4.51. The van der Waals surface area contributed by atoms with Crippen LogP contribution >= 0.6 is 11.6 Å². The molecular weight excluding hydrogens is 270 g/mol. The molecule has 1 unspecified atom stereocenters. The van der Waals surface area contributed by atoms with Crippen LogP contribution in [0.25, 0.3) is 0 Å². The third kappa shape index (κ3) is 2.86. The Bertz CT molecular complexity index is 493. The smallest absolute Gasteiger partial charge is 0.492 e. The molecule has 1 aliphatic rings. The minimum Gasteiger partial charge on any atom is -0.497 e. The number of carbonyl (C=O) groups excluding carboxylic acids is 1. The van der Waals surface area contributed by atoms with Gasteiger partial charge in [0.2, 0.25) is 0 Å². The van der Waals surface area contributed by atoms with E-state index in [0.717, 1.165) is 0 Å². The van der Waals surface area contributed by atoms with E-state index in [-0.39, 0.29) is 12.4 Å². The first-order valence-corrected chi connectivity index (χ1v) is 6.31. The van der Waals surface area contributed by atoms with Crippen molar-refractivity contribution in [3.05, 3.63) is 22.7 Å². The van der Waals surface area contributed by atoms with Crippen molar-refractivity contribution in [2.24, 2.45) is 0 Å². The van der Waals surface area contributed by atoms with Crippen molar-refractivity contribution in [1.29, 1.82) is 0 Å². The first-order valence-electron chi connectivity index (χ1n) is 5.93. The van der Waals surface area contributed by atoms with E-state index in [1.807, 2.05) is 0 Å². The van der Waals surface area contributed by atoms with Crippen LogP contribution in [-0.2, 0) is 14.2 Å². The lowest BCUT2D eigenvalue weighted by Crippen LogP contribution is -2.28. The molecule has 0 aliphatic carbocycles. The molecule has 0 saturated heterocycles. The topological polar surface area (TPSA) is 65.0 Å². The zero-order valence-corrected chi connectivity index (χ0v) is 11.4. The zero-order chi connectivity index (χ0) is 14.0. The molecule has 1 aromatic carbocycles. The molecule has 0 amide bonds. The summed E-state index contributed by atoms with van der Waals surface area (Å²) in [6.45, 7) is 2.03. The summed E-state index contributed by atoms with van der Waals surface area (Å²) in [4.78, 5) is 11.5. The zero-order valence-electron chi connectivity index (χ0n) is 10.7. The van der Waals surface area contributed by atoms with E-state index in [9.17, 15) is 9.82 Å². The number of halogens is 1. The summed E-state index contributed by atoms with van der Waals surface area (Å²) < 4.78 is 15.3. The second kappa shape index (κ2) is 5.82. The summed E-state index contributed by atoms with van der Waals surface area (Å²) in [5, 5.41) is 10.3. The van der Waals surface area contributed by atoms with Crippen LogP contribution in [0.2, 0.25) is 5.02 Å². The summed E-state index contributed by atoms with van der Waals surface area (Å²) in [5.74, 6) is 0.141. The number of hydrogen-bond acceptors (Lipinski definition) is 5. The van der Waals surface area contributed by atoms with Crippen molar-refractivity contribution >= 4 is 30.2 Å². The van der Waals surface area contributed by atoms with Gasteiger partial charge in [-0.2, -0.15) is 0 Å². The predicted octanol–water partition coefficient (Wildman–Crippen LogP) is 1.06. The third-order valence-electron chi connectivity index (χ3n) is 2.91. The van der Waals surface area contributed by atoms with Crippen LogP contribution in [0.5, 0.6) is 5.75 Å². The van der Waals surface area contributed by atoms with E-state index in [4.69, 9.17) is 25.7 Å². The summed E-state index contributed by atoms with van der Waals surface area (Å²) in [5.41, 5.74) is 1.14. The molecule has 1 aliphatic heterocycles. The van der Waals surface area contributed by atoms with Crippen LogP contribution in [-0.4, -0.2) is 31.8 Å². The standard InChI is InChI=1S/C12H14BClO5/c1-3-18-11(15)6-10-12-8(13(16)19-10)4-7(17-2)5-9(12)14/h4-5,10,16H,3,6H2,1-2H3. The van der Waals surface area contributed by atoms with E-state index < -0.39 is 13.2 Å². The summed E-state index contributed by atoms with van der Waals surface area (Å²) >= 11 is 6.15. The van der Waals surface area contributed by atoms with Crippen LogP contribution in [0.15, 0.2) is 12.1 Å². The van der Waals surface area contributed by atoms with Crippen LogP contribution in [0, 0.1) is 0 Å². The number of carbonyl (C=O) groups is 1. The Morgan fingerprint density at radius 1 is 1.58 bits per heavy atom. The maximum Gasteiger partial charge on any atom is 0.492 e. The van der Waals surface area contributed by atoms with Crippen LogP contribution in [0.4, 0.5) is 0 Å². The van der Waals surface area contributed by atoms with Crippen LogP contribution in [0.1, 0.15) is 25.0 Å². The number of hydrogen-bond donors (Lipinski definition) is 1. The fraction of sp³-hybridized carbons (Fsp3) is 0.417. The van der Waals surface area contributed by atoms with Crippen LogP contribution < -0.4 is 10.2 Å². The van der Waals surface area contributed by atoms with Crippen molar-refractivity contribution < 1.29 is 23.9 Å². The molecule has 2 rings (SSSR count). The normalized spacial score (nSPS) is 17.3. The molecule has 0 spiro atoms. The van der Waals surface area contributed by atoms with Gasteiger partial charge in [-0.3, -0.25) is 4.79 Å². The second-order valence-electron chi connectivity index (χ2n) is 4.10. The maximum atomic E-state index is 11.5. The average molecular weight is 285 g/mol. The van der Waals surface area contributed by atoms with Gasteiger partial charge in [0.15, 0.2) is 0 Å². The van der Waals surface area contributed by atoms with Crippen molar-refractivity contribution in [2.45, 2.75) is 19.4 Å². The molecule has 1 atom stereocenters. The van der Waals surface area contributed by atoms with E-state index in [1.54, 1.807) is 19.1 Å². The van der Waals surface area contributed by atoms with Gasteiger partial charge in [0, 0.05) is 5.02 Å². The lowest BCUT2D eigenvalue weighted by Gasteiger charge is -2.13. The SMILES string of the molecule is CCOC(=O)CC1OB(O)c2cc(OC)cc(Cl)c21.